The van der Waals surface area contributed by atoms with Gasteiger partial charge in [-0.25, -0.2) is 13.1 Å². The summed E-state index contributed by atoms with van der Waals surface area (Å²) >= 11 is 0. The molecule has 0 amide bonds. The molecule has 0 bridgehead atoms. The number of rotatable bonds is 6. The number of fused-ring (bicyclic) bond motifs is 3. The van der Waals surface area contributed by atoms with Crippen LogP contribution in [0.3, 0.4) is 0 Å². The third kappa shape index (κ3) is 4.62. The zero-order valence-corrected chi connectivity index (χ0v) is 20.8. The van der Waals surface area contributed by atoms with Crippen molar-refractivity contribution in [2.75, 3.05) is 0 Å². The van der Waals surface area contributed by atoms with E-state index >= 15 is 0 Å². The molecule has 3 aromatic heterocycles. The monoisotopic (exact) mass is 509 g/mol. The van der Waals surface area contributed by atoms with Crippen LogP contribution in [-0.4, -0.2) is 28.2 Å². The van der Waals surface area contributed by atoms with Crippen LogP contribution < -0.4 is 10.2 Å². The minimum absolute atomic E-state index is 0.153. The zero-order valence-electron chi connectivity index (χ0n) is 20.0. The lowest BCUT2D eigenvalue weighted by atomic mass is 10.1. The number of pyridine rings is 1. The van der Waals surface area contributed by atoms with Gasteiger partial charge in [-0.05, 0) is 46.7 Å². The SMILES string of the molecule is Cn1cc(-c2cnc3ccc4ccc(CS(=O)(=O)NCc5cc6ccccc6[nH]5)cc4c(=O)c3c2)cn1. The number of aromatic nitrogens is 4. The molecule has 0 fully saturated rings. The number of nitrogens with zero attached hydrogens (tertiary/aromatic N) is 3. The molecule has 0 saturated carbocycles. The maximum Gasteiger partial charge on any atom is 0.216 e. The summed E-state index contributed by atoms with van der Waals surface area (Å²) in [4.78, 5) is 21.3. The topological polar surface area (TPSA) is 110 Å². The molecule has 2 N–H and O–H groups in total. The lowest BCUT2D eigenvalue weighted by Gasteiger charge is -2.06. The second-order valence-electron chi connectivity index (χ2n) is 9.11. The molecule has 0 atom stereocenters. The predicted octanol–water partition coefficient (Wildman–Crippen LogP) is 4.25. The van der Waals surface area contributed by atoms with Crippen LogP contribution in [0.25, 0.3) is 43.7 Å². The number of benzene rings is 2. The van der Waals surface area contributed by atoms with E-state index in [0.717, 1.165) is 33.1 Å². The summed E-state index contributed by atoms with van der Waals surface area (Å²) in [5, 5.41) is 6.85. The van der Waals surface area contributed by atoms with Crippen molar-refractivity contribution in [3.63, 3.8) is 0 Å². The van der Waals surface area contributed by atoms with Crippen LogP contribution in [0.4, 0.5) is 0 Å². The van der Waals surface area contributed by atoms with Crippen LogP contribution in [0, 0.1) is 0 Å². The first-order chi connectivity index (χ1) is 17.8. The summed E-state index contributed by atoms with van der Waals surface area (Å²) in [6.45, 7) is 0.153. The van der Waals surface area contributed by atoms with Gasteiger partial charge in [0.05, 0.1) is 24.0 Å². The molecule has 8 nitrogen and oxygen atoms in total. The van der Waals surface area contributed by atoms with E-state index < -0.39 is 10.0 Å². The normalized spacial score (nSPS) is 12.0. The van der Waals surface area contributed by atoms with Gasteiger partial charge in [0.2, 0.25) is 10.0 Å². The fourth-order valence-electron chi connectivity index (χ4n) is 4.55. The average Bonchev–Trinajstić information content (AvgIpc) is 3.49. The highest BCUT2D eigenvalue weighted by Gasteiger charge is 2.14. The van der Waals surface area contributed by atoms with Gasteiger partial charge in [-0.15, -0.1) is 0 Å². The molecule has 0 saturated heterocycles. The Labute approximate surface area is 212 Å². The number of hydrogen-bond acceptors (Lipinski definition) is 5. The Morgan fingerprint density at radius 1 is 0.919 bits per heavy atom. The summed E-state index contributed by atoms with van der Waals surface area (Å²) < 4.78 is 30.1. The summed E-state index contributed by atoms with van der Waals surface area (Å²) in [6, 6.07) is 20.3. The van der Waals surface area contributed by atoms with Gasteiger partial charge in [0.15, 0.2) is 5.43 Å². The second-order valence-corrected chi connectivity index (χ2v) is 10.9. The molecular weight excluding hydrogens is 486 g/mol. The fourth-order valence-corrected chi connectivity index (χ4v) is 5.65. The van der Waals surface area contributed by atoms with Crippen molar-refractivity contribution in [1.82, 2.24) is 24.5 Å². The van der Waals surface area contributed by atoms with E-state index in [1.807, 2.05) is 61.8 Å². The van der Waals surface area contributed by atoms with Crippen LogP contribution in [0.1, 0.15) is 11.3 Å². The van der Waals surface area contributed by atoms with Crippen LogP contribution in [0.2, 0.25) is 0 Å². The van der Waals surface area contributed by atoms with Crippen molar-refractivity contribution < 1.29 is 8.42 Å². The van der Waals surface area contributed by atoms with E-state index in [0.29, 0.717) is 21.9 Å². The molecule has 3 heterocycles. The highest BCUT2D eigenvalue weighted by molar-refractivity contribution is 7.88. The Bertz CT molecular complexity index is 1940. The van der Waals surface area contributed by atoms with Crippen molar-refractivity contribution in [3.8, 4) is 11.1 Å². The summed E-state index contributed by atoms with van der Waals surface area (Å²) in [5.74, 6) is -0.238. The van der Waals surface area contributed by atoms with Crippen molar-refractivity contribution in [1.29, 1.82) is 0 Å². The van der Waals surface area contributed by atoms with E-state index in [1.54, 1.807) is 35.3 Å². The van der Waals surface area contributed by atoms with Gasteiger partial charge >= 0.3 is 0 Å². The van der Waals surface area contributed by atoms with Gasteiger partial charge in [0.1, 0.15) is 0 Å². The molecule has 6 rings (SSSR count). The van der Waals surface area contributed by atoms with Gasteiger partial charge in [0, 0.05) is 52.6 Å². The zero-order chi connectivity index (χ0) is 25.6. The number of aryl methyl sites for hydroxylation is 1. The summed E-state index contributed by atoms with van der Waals surface area (Å²) in [5.41, 5.74) is 4.29. The second kappa shape index (κ2) is 8.95. The van der Waals surface area contributed by atoms with E-state index in [1.165, 1.54) is 0 Å². The highest BCUT2D eigenvalue weighted by atomic mass is 32.2. The van der Waals surface area contributed by atoms with Crippen molar-refractivity contribution >= 4 is 42.6 Å². The van der Waals surface area contributed by atoms with Crippen LogP contribution in [-0.2, 0) is 29.4 Å². The standard InChI is InChI=1S/C28H23N5O3S/c1-33-16-22(14-30-33)21-12-25-27(29-13-21)9-8-19-7-6-18(10-24(19)28(25)34)17-37(35,36)31-15-23-11-20-4-2-3-5-26(20)32-23/h2-14,16,31-32H,15,17H2,1H3. The smallest absolute Gasteiger partial charge is 0.216 e. The Hall–Kier alpha value is -4.34. The van der Waals surface area contributed by atoms with Crippen molar-refractivity contribution in [2.24, 2.45) is 7.05 Å². The van der Waals surface area contributed by atoms with E-state index in [-0.39, 0.29) is 17.7 Å². The molecular formula is C28H23N5O3S. The van der Waals surface area contributed by atoms with Gasteiger partial charge in [-0.1, -0.05) is 36.4 Å². The number of sulfonamides is 1. The van der Waals surface area contributed by atoms with E-state index in [9.17, 15) is 13.2 Å². The summed E-state index contributed by atoms with van der Waals surface area (Å²) in [7, 11) is -1.82. The summed E-state index contributed by atoms with van der Waals surface area (Å²) in [6.07, 6.45) is 5.31. The molecule has 0 aliphatic heterocycles. The van der Waals surface area contributed by atoms with Gasteiger partial charge < -0.3 is 4.98 Å². The highest BCUT2D eigenvalue weighted by Crippen LogP contribution is 2.23. The number of para-hydroxylation sites is 1. The fraction of sp³-hybridized carbons (Fsp3) is 0.107. The lowest BCUT2D eigenvalue weighted by Crippen LogP contribution is -2.24. The minimum atomic E-state index is -3.65. The van der Waals surface area contributed by atoms with Gasteiger partial charge in [-0.3, -0.25) is 14.5 Å². The number of hydrogen-bond donors (Lipinski definition) is 2. The largest absolute Gasteiger partial charge is 0.357 e. The Morgan fingerprint density at radius 2 is 1.76 bits per heavy atom. The van der Waals surface area contributed by atoms with Gasteiger partial charge in [0.25, 0.3) is 0 Å². The average molecular weight is 510 g/mol. The molecule has 0 aliphatic rings. The predicted molar refractivity (Wildman–Crippen MR) is 145 cm³/mol. The maximum absolute atomic E-state index is 13.6. The quantitative estimate of drug-likeness (QED) is 0.349. The third-order valence-electron chi connectivity index (χ3n) is 6.41. The molecule has 37 heavy (non-hydrogen) atoms. The molecule has 0 spiro atoms. The maximum atomic E-state index is 13.6. The molecule has 9 heteroatoms. The Morgan fingerprint density at radius 3 is 2.57 bits per heavy atom. The van der Waals surface area contributed by atoms with Crippen LogP contribution >= 0.6 is 0 Å². The Kier molecular flexibility index (Phi) is 5.58. The van der Waals surface area contributed by atoms with Crippen LogP contribution in [0.15, 0.2) is 90.1 Å². The lowest BCUT2D eigenvalue weighted by molar-refractivity contribution is 0.580. The van der Waals surface area contributed by atoms with E-state index in [2.05, 4.69) is 19.8 Å². The Balaban J connectivity index is 1.32. The van der Waals surface area contributed by atoms with Crippen molar-refractivity contribution in [2.45, 2.75) is 12.3 Å². The third-order valence-corrected chi connectivity index (χ3v) is 7.71. The first-order valence-corrected chi connectivity index (χ1v) is 13.4. The minimum Gasteiger partial charge on any atom is -0.357 e. The molecule has 3 aromatic carbocycles. The molecule has 0 aliphatic carbocycles. The number of aromatic amines is 1. The molecule has 0 radical (unpaired) electrons. The molecule has 6 aromatic rings. The molecule has 0 unspecified atom stereocenters. The van der Waals surface area contributed by atoms with E-state index in [4.69, 9.17) is 0 Å². The number of H-pyrrole nitrogens is 1. The number of nitrogens with one attached hydrogen (secondary N) is 2. The van der Waals surface area contributed by atoms with Crippen molar-refractivity contribution in [3.05, 3.63) is 107 Å². The van der Waals surface area contributed by atoms with Crippen LogP contribution in [0.5, 0.6) is 0 Å². The molecule has 184 valence electrons. The first kappa shape index (κ1) is 23.1. The first-order valence-electron chi connectivity index (χ1n) is 11.7. The van der Waals surface area contributed by atoms with Gasteiger partial charge in [-0.2, -0.15) is 5.10 Å².